The second kappa shape index (κ2) is 5.15. The van der Waals surface area contributed by atoms with E-state index in [-0.39, 0.29) is 17.7 Å². The first kappa shape index (κ1) is 12.8. The molecule has 7 heteroatoms. The molecule has 1 aromatic rings. The first-order valence-electron chi connectivity index (χ1n) is 4.91. The zero-order valence-electron chi connectivity index (χ0n) is 9.39. The van der Waals surface area contributed by atoms with Gasteiger partial charge in [-0.05, 0) is 6.92 Å². The summed E-state index contributed by atoms with van der Waals surface area (Å²) in [6.07, 6.45) is 1.22. The van der Waals surface area contributed by atoms with Gasteiger partial charge in [0.05, 0.1) is 16.2 Å². The van der Waals surface area contributed by atoms with Crippen molar-refractivity contribution < 1.29 is 14.5 Å². The number of nitrogens with zero attached hydrogens (tertiary/aromatic N) is 2. The van der Waals surface area contributed by atoms with E-state index < -0.39 is 16.7 Å². The van der Waals surface area contributed by atoms with Crippen molar-refractivity contribution in [2.75, 3.05) is 0 Å². The number of carbonyl (C=O) groups is 2. The predicted molar refractivity (Wildman–Crippen MR) is 58.4 cm³/mol. The standard InChI is InChI=1S/C10H11N3O4/c1-3-9(14)12-10(15)8-4-7(13(16)17)5-11-6(8)2/h4-5H,3H2,1-2H3,(H,12,14,15). The summed E-state index contributed by atoms with van der Waals surface area (Å²) in [5.74, 6) is -1.12. The Morgan fingerprint density at radius 1 is 1.53 bits per heavy atom. The number of aryl methyl sites for hydroxylation is 1. The predicted octanol–water partition coefficient (Wildman–Crippen LogP) is 0.965. The molecule has 0 radical (unpaired) electrons. The fourth-order valence-electron chi connectivity index (χ4n) is 1.13. The lowest BCUT2D eigenvalue weighted by molar-refractivity contribution is -0.385. The third-order valence-electron chi connectivity index (χ3n) is 2.10. The maximum absolute atomic E-state index is 11.6. The summed E-state index contributed by atoms with van der Waals surface area (Å²) in [6.45, 7) is 3.14. The van der Waals surface area contributed by atoms with Gasteiger partial charge in [-0.15, -0.1) is 0 Å². The summed E-state index contributed by atoms with van der Waals surface area (Å²) in [5, 5.41) is 12.6. The lowest BCUT2D eigenvalue weighted by Gasteiger charge is -2.04. The first-order chi connectivity index (χ1) is 7.95. The van der Waals surface area contributed by atoms with Gasteiger partial charge in [0.1, 0.15) is 6.20 Å². The van der Waals surface area contributed by atoms with Gasteiger partial charge >= 0.3 is 0 Å². The minimum atomic E-state index is -0.675. The molecule has 1 heterocycles. The van der Waals surface area contributed by atoms with Gasteiger partial charge in [-0.25, -0.2) is 0 Å². The second-order valence-corrected chi connectivity index (χ2v) is 3.31. The van der Waals surface area contributed by atoms with Gasteiger partial charge < -0.3 is 0 Å². The Bertz CT molecular complexity index is 484. The number of carbonyl (C=O) groups excluding carboxylic acids is 2. The van der Waals surface area contributed by atoms with Crippen LogP contribution in [0.2, 0.25) is 0 Å². The van der Waals surface area contributed by atoms with Crippen LogP contribution in [0.5, 0.6) is 0 Å². The summed E-state index contributed by atoms with van der Waals surface area (Å²) in [6, 6.07) is 1.10. The van der Waals surface area contributed by atoms with E-state index in [2.05, 4.69) is 10.3 Å². The number of nitrogens with one attached hydrogen (secondary N) is 1. The van der Waals surface area contributed by atoms with E-state index in [1.165, 1.54) is 6.92 Å². The fraction of sp³-hybridized carbons (Fsp3) is 0.300. The second-order valence-electron chi connectivity index (χ2n) is 3.31. The quantitative estimate of drug-likeness (QED) is 0.623. The van der Waals surface area contributed by atoms with E-state index in [1.807, 2.05) is 0 Å². The number of hydrogen-bond acceptors (Lipinski definition) is 5. The molecule has 0 atom stereocenters. The average Bonchev–Trinajstić information content (AvgIpc) is 2.28. The van der Waals surface area contributed by atoms with Crippen LogP contribution in [0.1, 0.15) is 29.4 Å². The molecule has 1 N–H and O–H groups in total. The van der Waals surface area contributed by atoms with Gasteiger partial charge in [0.15, 0.2) is 0 Å². The van der Waals surface area contributed by atoms with Crippen molar-refractivity contribution in [3.63, 3.8) is 0 Å². The molecule has 0 aromatic carbocycles. The number of imide groups is 1. The van der Waals surface area contributed by atoms with E-state index in [4.69, 9.17) is 0 Å². The zero-order valence-corrected chi connectivity index (χ0v) is 9.39. The van der Waals surface area contributed by atoms with Crippen molar-refractivity contribution in [3.8, 4) is 0 Å². The van der Waals surface area contributed by atoms with Crippen LogP contribution in [0.4, 0.5) is 5.69 Å². The Morgan fingerprint density at radius 3 is 2.71 bits per heavy atom. The first-order valence-corrected chi connectivity index (χ1v) is 4.91. The van der Waals surface area contributed by atoms with Crippen molar-refractivity contribution in [1.82, 2.24) is 10.3 Å². The summed E-state index contributed by atoms with van der Waals surface area (Å²) >= 11 is 0. The molecule has 1 aromatic heterocycles. The molecule has 0 spiro atoms. The van der Waals surface area contributed by atoms with E-state index in [9.17, 15) is 19.7 Å². The third kappa shape index (κ3) is 3.07. The minimum absolute atomic E-state index is 0.0287. The highest BCUT2D eigenvalue weighted by Crippen LogP contribution is 2.14. The van der Waals surface area contributed by atoms with Crippen molar-refractivity contribution >= 4 is 17.5 Å². The molecule has 7 nitrogen and oxygen atoms in total. The molecule has 0 unspecified atom stereocenters. The SMILES string of the molecule is CCC(=O)NC(=O)c1cc([N+](=O)[O-])cnc1C. The topological polar surface area (TPSA) is 102 Å². The maximum atomic E-state index is 11.6. The molecule has 0 saturated heterocycles. The van der Waals surface area contributed by atoms with Gasteiger partial charge in [-0.2, -0.15) is 0 Å². The smallest absolute Gasteiger partial charge is 0.288 e. The van der Waals surface area contributed by atoms with Crippen LogP contribution in [0.3, 0.4) is 0 Å². The van der Waals surface area contributed by atoms with Crippen LogP contribution >= 0.6 is 0 Å². The Morgan fingerprint density at radius 2 is 2.18 bits per heavy atom. The van der Waals surface area contributed by atoms with Crippen molar-refractivity contribution in [3.05, 3.63) is 33.6 Å². The molecule has 0 aliphatic heterocycles. The van der Waals surface area contributed by atoms with Crippen molar-refractivity contribution in [1.29, 1.82) is 0 Å². The number of aromatic nitrogens is 1. The maximum Gasteiger partial charge on any atom is 0.288 e. The van der Waals surface area contributed by atoms with Crippen LogP contribution in [-0.2, 0) is 4.79 Å². The molecule has 17 heavy (non-hydrogen) atoms. The third-order valence-corrected chi connectivity index (χ3v) is 2.10. The molecule has 0 aliphatic carbocycles. The number of hydrogen-bond donors (Lipinski definition) is 1. The van der Waals surface area contributed by atoms with Gasteiger partial charge in [-0.3, -0.25) is 30.0 Å². The zero-order chi connectivity index (χ0) is 13.0. The number of amides is 2. The molecular weight excluding hydrogens is 226 g/mol. The van der Waals surface area contributed by atoms with Crippen LogP contribution in [-0.4, -0.2) is 21.7 Å². The van der Waals surface area contributed by atoms with Gasteiger partial charge in [0.2, 0.25) is 5.91 Å². The van der Waals surface area contributed by atoms with Crippen LogP contribution < -0.4 is 5.32 Å². The Kier molecular flexibility index (Phi) is 3.86. The van der Waals surface area contributed by atoms with Crippen molar-refractivity contribution in [2.45, 2.75) is 20.3 Å². The highest BCUT2D eigenvalue weighted by Gasteiger charge is 2.17. The monoisotopic (exact) mass is 237 g/mol. The Balaban J connectivity index is 3.04. The summed E-state index contributed by atoms with van der Waals surface area (Å²) in [5.41, 5.74) is 0.0719. The van der Waals surface area contributed by atoms with Crippen molar-refractivity contribution in [2.24, 2.45) is 0 Å². The number of pyridine rings is 1. The largest absolute Gasteiger partial charge is 0.292 e. The average molecular weight is 237 g/mol. The lowest BCUT2D eigenvalue weighted by Crippen LogP contribution is -2.30. The summed E-state index contributed by atoms with van der Waals surface area (Å²) in [7, 11) is 0. The molecule has 0 bridgehead atoms. The van der Waals surface area contributed by atoms with Gasteiger partial charge in [0.25, 0.3) is 11.6 Å². The fourth-order valence-corrected chi connectivity index (χ4v) is 1.13. The number of nitro groups is 1. The molecule has 0 saturated carbocycles. The Labute approximate surface area is 97.0 Å². The van der Waals surface area contributed by atoms with Crippen LogP contribution in [0.15, 0.2) is 12.3 Å². The van der Waals surface area contributed by atoms with Gasteiger partial charge in [-0.1, -0.05) is 6.92 Å². The van der Waals surface area contributed by atoms with E-state index in [1.54, 1.807) is 6.92 Å². The molecule has 0 aliphatic rings. The molecule has 1 rings (SSSR count). The van der Waals surface area contributed by atoms with E-state index in [0.29, 0.717) is 5.69 Å². The molecule has 0 fully saturated rings. The highest BCUT2D eigenvalue weighted by molar-refractivity contribution is 6.05. The molecule has 2 amide bonds. The molecule has 90 valence electrons. The Hall–Kier alpha value is -2.31. The number of rotatable bonds is 3. The van der Waals surface area contributed by atoms with Crippen LogP contribution in [0, 0.1) is 17.0 Å². The minimum Gasteiger partial charge on any atom is -0.292 e. The molecular formula is C10H11N3O4. The van der Waals surface area contributed by atoms with Crippen LogP contribution in [0.25, 0.3) is 0 Å². The normalized spacial score (nSPS) is 9.76. The summed E-state index contributed by atoms with van der Waals surface area (Å²) in [4.78, 5) is 36.3. The highest BCUT2D eigenvalue weighted by atomic mass is 16.6. The van der Waals surface area contributed by atoms with E-state index >= 15 is 0 Å². The summed E-state index contributed by atoms with van der Waals surface area (Å²) < 4.78 is 0. The van der Waals surface area contributed by atoms with Gasteiger partial charge in [0, 0.05) is 12.5 Å². The lowest BCUT2D eigenvalue weighted by atomic mass is 10.2. The van der Waals surface area contributed by atoms with E-state index in [0.717, 1.165) is 12.3 Å².